The van der Waals surface area contributed by atoms with Crippen LogP contribution in [0.15, 0.2) is 0 Å². The van der Waals surface area contributed by atoms with E-state index in [1.807, 2.05) is 48.5 Å². The zero-order valence-electron chi connectivity index (χ0n) is 26.8. The maximum absolute atomic E-state index is 7.00. The van der Waals surface area contributed by atoms with Gasteiger partial charge in [0, 0.05) is 46.2 Å². The van der Waals surface area contributed by atoms with Crippen molar-refractivity contribution < 1.29 is 41.4 Å². The Morgan fingerprint density at radius 2 is 0.878 bits per heavy atom. The highest BCUT2D eigenvalue weighted by molar-refractivity contribution is 6.53. The van der Waals surface area contributed by atoms with Crippen LogP contribution in [-0.2, 0) is 41.4 Å². The average molecular weight is 632 g/mol. The number of ether oxygens (including phenoxy) is 5. The Kier molecular flexibility index (Phi) is 22.7. The van der Waals surface area contributed by atoms with Crippen molar-refractivity contribution in [3.8, 4) is 0 Å². The lowest BCUT2D eigenvalue weighted by Crippen LogP contribution is -2.70. The van der Waals surface area contributed by atoms with E-state index in [9.17, 15) is 0 Å². The van der Waals surface area contributed by atoms with Gasteiger partial charge in [0.1, 0.15) is 5.79 Å². The molecule has 0 saturated carbocycles. The van der Waals surface area contributed by atoms with Crippen LogP contribution in [0.4, 0.5) is 0 Å². The van der Waals surface area contributed by atoms with Crippen molar-refractivity contribution in [2.75, 3.05) is 46.2 Å². The van der Waals surface area contributed by atoms with Gasteiger partial charge in [-0.15, -0.1) is 0 Å². The Hall–Kier alpha value is -0.0462. The van der Waals surface area contributed by atoms with Crippen molar-refractivity contribution >= 4 is 20.0 Å². The van der Waals surface area contributed by atoms with Gasteiger partial charge in [-0.05, 0) is 91.5 Å². The van der Waals surface area contributed by atoms with E-state index in [0.29, 0.717) is 19.3 Å². The van der Waals surface area contributed by atoms with Crippen LogP contribution in [-0.4, -0.2) is 89.6 Å². The molecule has 0 unspecified atom stereocenters. The average Bonchev–Trinajstić information content (AvgIpc) is 2.84. The third kappa shape index (κ3) is 13.6. The van der Waals surface area contributed by atoms with Crippen LogP contribution in [0.3, 0.4) is 0 Å². The van der Waals surface area contributed by atoms with Gasteiger partial charge < -0.3 is 54.2 Å². The van der Waals surface area contributed by atoms with Gasteiger partial charge in [0.25, 0.3) is 0 Å². The maximum Gasteiger partial charge on any atom is 0.684 e. The fourth-order valence-corrected chi connectivity index (χ4v) is 7.28. The molecule has 0 spiro atoms. The summed E-state index contributed by atoms with van der Waals surface area (Å²) >= 11 is 0. The van der Waals surface area contributed by atoms with Crippen molar-refractivity contribution in [3.05, 3.63) is 0 Å². The van der Waals surface area contributed by atoms with Crippen LogP contribution >= 0.6 is 0 Å². The molecule has 0 aromatic carbocycles. The van der Waals surface area contributed by atoms with E-state index in [1.54, 1.807) is 0 Å². The summed E-state index contributed by atoms with van der Waals surface area (Å²) in [5.41, 5.74) is 17.0. The first-order chi connectivity index (χ1) is 18.9. The lowest BCUT2D eigenvalue weighted by molar-refractivity contribution is -0.551. The molecule has 0 saturated heterocycles. The van der Waals surface area contributed by atoms with Crippen LogP contribution in [0.25, 0.3) is 0 Å². The van der Waals surface area contributed by atoms with Gasteiger partial charge in [-0.25, -0.2) is 0 Å². The standard InChI is InChI=1S/C27H61N3O9Si.H4Si/c1-10-20-24(21-11-2,22-19-23-25(28,29)30)38-40(36-17-8,37-18-9)39-27(34-15-6,35-16-7)26(31-12-3,32-13-4)33-14-5;/h10-23,28-30H2,1-9H3;1H4. The first-order valence-electron chi connectivity index (χ1n) is 15.2. The van der Waals surface area contributed by atoms with Crippen LogP contribution in [0.1, 0.15) is 107 Å². The number of rotatable bonds is 27. The molecule has 0 rings (SSSR count). The molecule has 6 N–H and O–H groups in total. The Bertz CT molecular complexity index is 611. The largest absolute Gasteiger partial charge is 0.684 e. The number of hydrogen-bond acceptors (Lipinski definition) is 12. The molecule has 0 amide bonds. The summed E-state index contributed by atoms with van der Waals surface area (Å²) < 4.78 is 57.2. The third-order valence-electron chi connectivity index (χ3n) is 5.94. The second-order valence-corrected chi connectivity index (χ2v) is 11.5. The summed E-state index contributed by atoms with van der Waals surface area (Å²) in [6, 6.07) is 0. The minimum atomic E-state index is -4.09. The molecule has 0 bridgehead atoms. The molecule has 14 heteroatoms. The van der Waals surface area contributed by atoms with Crippen molar-refractivity contribution in [1.29, 1.82) is 0 Å². The van der Waals surface area contributed by atoms with Crippen molar-refractivity contribution in [3.63, 3.8) is 0 Å². The van der Waals surface area contributed by atoms with Gasteiger partial charge in [-0.2, -0.15) is 0 Å². The minimum absolute atomic E-state index is 0. The molecular weight excluding hydrogens is 566 g/mol. The number of hydrogen-bond donors (Lipinski definition) is 3. The minimum Gasteiger partial charge on any atom is -0.351 e. The molecule has 0 aliphatic carbocycles. The zero-order valence-corrected chi connectivity index (χ0v) is 27.8. The molecule has 0 aliphatic heterocycles. The van der Waals surface area contributed by atoms with Crippen molar-refractivity contribution in [1.82, 2.24) is 0 Å². The lowest BCUT2D eigenvalue weighted by Gasteiger charge is -2.49. The Morgan fingerprint density at radius 1 is 0.488 bits per heavy atom. The van der Waals surface area contributed by atoms with Crippen LogP contribution in [0, 0.1) is 0 Å². The fourth-order valence-electron chi connectivity index (χ4n) is 4.80. The second-order valence-electron chi connectivity index (χ2n) is 9.50. The molecule has 0 aliphatic rings. The van der Waals surface area contributed by atoms with E-state index in [2.05, 4.69) is 13.8 Å². The monoisotopic (exact) mass is 631 g/mol. The first kappa shape index (κ1) is 43.1. The summed E-state index contributed by atoms with van der Waals surface area (Å²) in [6.45, 7) is 18.5. The first-order valence-corrected chi connectivity index (χ1v) is 16.8. The molecule has 0 radical (unpaired) electrons. The molecule has 12 nitrogen and oxygen atoms in total. The smallest absolute Gasteiger partial charge is 0.351 e. The maximum atomic E-state index is 7.00. The number of nitrogens with two attached hydrogens (primary N) is 3. The van der Waals surface area contributed by atoms with E-state index < -0.39 is 32.4 Å². The summed E-state index contributed by atoms with van der Waals surface area (Å²) in [5, 5.41) is 0. The SMILES string of the molecule is CCCC(CCC)(CCCC(N)(N)N)O[Si](OCC)(OCC)OC(OCC)(OCC)C(OCC)(OCC)OCC.[SiH4]. The van der Waals surface area contributed by atoms with Crippen LogP contribution in [0.5, 0.6) is 0 Å². The summed E-state index contributed by atoms with van der Waals surface area (Å²) in [6.07, 6.45) is 4.80. The van der Waals surface area contributed by atoms with Crippen molar-refractivity contribution in [2.45, 2.75) is 131 Å². The van der Waals surface area contributed by atoms with Gasteiger partial charge in [0.2, 0.25) is 0 Å². The highest BCUT2D eigenvalue weighted by Crippen LogP contribution is 2.42. The van der Waals surface area contributed by atoms with E-state index >= 15 is 0 Å². The summed E-state index contributed by atoms with van der Waals surface area (Å²) in [7, 11) is -4.09. The lowest BCUT2D eigenvalue weighted by atomic mass is 9.87. The molecule has 0 aromatic heterocycles. The molecule has 41 heavy (non-hydrogen) atoms. The molecule has 0 aromatic rings. The quantitative estimate of drug-likeness (QED) is 0.0899. The fraction of sp³-hybridized carbons (Fsp3) is 1.00. The van der Waals surface area contributed by atoms with Crippen LogP contribution in [0.2, 0.25) is 0 Å². The van der Waals surface area contributed by atoms with E-state index in [4.69, 9.17) is 58.6 Å². The summed E-state index contributed by atoms with van der Waals surface area (Å²) in [4.78, 5) is 0. The van der Waals surface area contributed by atoms with Gasteiger partial charge in [0.05, 0.1) is 5.60 Å². The summed E-state index contributed by atoms with van der Waals surface area (Å²) in [5.74, 6) is -5.22. The second kappa shape index (κ2) is 21.6. The Labute approximate surface area is 255 Å². The molecule has 0 heterocycles. The predicted molar refractivity (Wildman–Crippen MR) is 168 cm³/mol. The zero-order chi connectivity index (χ0) is 30.8. The van der Waals surface area contributed by atoms with E-state index in [-0.39, 0.29) is 57.2 Å². The third-order valence-corrected chi connectivity index (χ3v) is 8.43. The van der Waals surface area contributed by atoms with Crippen LogP contribution < -0.4 is 17.2 Å². The predicted octanol–water partition coefficient (Wildman–Crippen LogP) is 2.61. The van der Waals surface area contributed by atoms with Gasteiger partial charge in [-0.3, -0.25) is 4.43 Å². The van der Waals surface area contributed by atoms with Gasteiger partial charge >= 0.3 is 21.0 Å². The molecule has 0 fully saturated rings. The highest BCUT2D eigenvalue weighted by atomic mass is 28.4. The van der Waals surface area contributed by atoms with Gasteiger partial charge in [0.15, 0.2) is 0 Å². The van der Waals surface area contributed by atoms with Gasteiger partial charge in [-0.1, -0.05) is 26.7 Å². The molecule has 0 atom stereocenters. The molecule has 250 valence electrons. The topological polar surface area (TPSA) is 161 Å². The molecular formula is C27H65N3O9Si2. The normalized spacial score (nSPS) is 13.5. The Balaban J connectivity index is 0. The Morgan fingerprint density at radius 3 is 1.20 bits per heavy atom. The van der Waals surface area contributed by atoms with E-state index in [1.165, 1.54) is 0 Å². The van der Waals surface area contributed by atoms with Crippen molar-refractivity contribution in [2.24, 2.45) is 17.2 Å². The van der Waals surface area contributed by atoms with E-state index in [0.717, 1.165) is 25.7 Å². The highest BCUT2D eigenvalue weighted by Gasteiger charge is 2.68.